The summed E-state index contributed by atoms with van der Waals surface area (Å²) in [7, 11) is 0. The Morgan fingerprint density at radius 1 is 1.29 bits per heavy atom. The van der Waals surface area contributed by atoms with Gasteiger partial charge < -0.3 is 10.4 Å². The van der Waals surface area contributed by atoms with Gasteiger partial charge in [0.2, 0.25) is 0 Å². The molecule has 17 heavy (non-hydrogen) atoms. The fourth-order valence-corrected chi connectivity index (χ4v) is 2.07. The average molecular weight is 235 g/mol. The maximum Gasteiger partial charge on any atom is 0.115 e. The van der Waals surface area contributed by atoms with Crippen molar-refractivity contribution in [3.63, 3.8) is 0 Å². The molecule has 1 aliphatic rings. The molecule has 0 saturated carbocycles. The van der Waals surface area contributed by atoms with E-state index in [0.29, 0.717) is 11.8 Å². The normalized spacial score (nSPS) is 19.3. The zero-order valence-corrected chi connectivity index (χ0v) is 11.1. The molecule has 0 radical (unpaired) electrons. The SMILES string of the molecule is CCC.Oc1cccc(CC2CCCCN2)c1. The molecule has 2 N–H and O–H groups in total. The Hall–Kier alpha value is -1.02. The minimum atomic E-state index is 0.373. The molecule has 1 aromatic carbocycles. The van der Waals surface area contributed by atoms with Gasteiger partial charge >= 0.3 is 0 Å². The van der Waals surface area contributed by atoms with Crippen LogP contribution in [0.2, 0.25) is 0 Å². The lowest BCUT2D eigenvalue weighted by Gasteiger charge is -2.23. The largest absolute Gasteiger partial charge is 0.508 e. The molecule has 2 nitrogen and oxygen atoms in total. The molecule has 1 aliphatic heterocycles. The second-order valence-corrected chi connectivity index (χ2v) is 4.73. The van der Waals surface area contributed by atoms with Crippen LogP contribution in [0.4, 0.5) is 0 Å². The molecule has 0 aromatic heterocycles. The Bertz CT molecular complexity index is 306. The maximum atomic E-state index is 9.32. The van der Waals surface area contributed by atoms with Crippen LogP contribution in [0.25, 0.3) is 0 Å². The molecule has 0 amide bonds. The van der Waals surface area contributed by atoms with Gasteiger partial charge in [0.05, 0.1) is 0 Å². The first-order valence-electron chi connectivity index (χ1n) is 6.77. The van der Waals surface area contributed by atoms with E-state index in [1.165, 1.54) is 31.2 Å². The average Bonchev–Trinajstić information content (AvgIpc) is 2.31. The molecule has 1 fully saturated rings. The number of nitrogens with one attached hydrogen (secondary N) is 1. The summed E-state index contributed by atoms with van der Waals surface area (Å²) in [6.07, 6.45) is 6.18. The first-order chi connectivity index (χ1) is 8.26. The van der Waals surface area contributed by atoms with Crippen LogP contribution in [-0.2, 0) is 6.42 Å². The first kappa shape index (κ1) is 14.0. The Balaban J connectivity index is 0.000000437. The summed E-state index contributed by atoms with van der Waals surface area (Å²) in [5, 5.41) is 12.8. The Labute approximate surface area is 105 Å². The quantitative estimate of drug-likeness (QED) is 0.822. The van der Waals surface area contributed by atoms with Crippen LogP contribution in [0.5, 0.6) is 5.75 Å². The molecule has 2 heteroatoms. The molecule has 1 unspecified atom stereocenters. The topological polar surface area (TPSA) is 32.3 Å². The zero-order chi connectivity index (χ0) is 12.5. The van der Waals surface area contributed by atoms with Crippen molar-refractivity contribution < 1.29 is 5.11 Å². The number of piperidine rings is 1. The van der Waals surface area contributed by atoms with Crippen molar-refractivity contribution in [2.75, 3.05) is 6.54 Å². The van der Waals surface area contributed by atoms with Crippen LogP contribution in [0.1, 0.15) is 45.1 Å². The molecule has 96 valence electrons. The van der Waals surface area contributed by atoms with Crippen molar-refractivity contribution in [1.29, 1.82) is 0 Å². The Kier molecular flexibility index (Phi) is 6.71. The molecule has 1 saturated heterocycles. The summed E-state index contributed by atoms with van der Waals surface area (Å²) in [5.41, 5.74) is 1.23. The van der Waals surface area contributed by atoms with Crippen LogP contribution < -0.4 is 5.32 Å². The van der Waals surface area contributed by atoms with E-state index >= 15 is 0 Å². The fraction of sp³-hybridized carbons (Fsp3) is 0.600. The predicted octanol–water partition coefficient (Wildman–Crippen LogP) is 3.49. The second kappa shape index (κ2) is 8.13. The highest BCUT2D eigenvalue weighted by molar-refractivity contribution is 5.27. The van der Waals surface area contributed by atoms with Gasteiger partial charge in [-0.3, -0.25) is 0 Å². The number of hydrogen-bond acceptors (Lipinski definition) is 2. The summed E-state index contributed by atoms with van der Waals surface area (Å²) in [5.74, 6) is 0.373. The van der Waals surface area contributed by atoms with Crippen molar-refractivity contribution in [3.8, 4) is 5.75 Å². The van der Waals surface area contributed by atoms with E-state index in [2.05, 4.69) is 25.2 Å². The molecule has 1 atom stereocenters. The van der Waals surface area contributed by atoms with Gasteiger partial charge in [-0.2, -0.15) is 0 Å². The summed E-state index contributed by atoms with van der Waals surface area (Å²) >= 11 is 0. The molecule has 1 heterocycles. The molecular weight excluding hydrogens is 210 g/mol. The molecule has 0 bridgehead atoms. The van der Waals surface area contributed by atoms with Crippen LogP contribution in [0, 0.1) is 0 Å². The molecule has 0 spiro atoms. The summed E-state index contributed by atoms with van der Waals surface area (Å²) in [4.78, 5) is 0. The monoisotopic (exact) mass is 235 g/mol. The van der Waals surface area contributed by atoms with E-state index in [-0.39, 0.29) is 0 Å². The third-order valence-electron chi connectivity index (χ3n) is 2.81. The minimum absolute atomic E-state index is 0.373. The second-order valence-electron chi connectivity index (χ2n) is 4.73. The van der Waals surface area contributed by atoms with Gasteiger partial charge in [-0.05, 0) is 43.5 Å². The molecule has 0 aliphatic carbocycles. The van der Waals surface area contributed by atoms with Crippen LogP contribution >= 0.6 is 0 Å². The van der Waals surface area contributed by atoms with Crippen molar-refractivity contribution in [3.05, 3.63) is 29.8 Å². The molecule has 2 rings (SSSR count). The summed E-state index contributed by atoms with van der Waals surface area (Å²) < 4.78 is 0. The lowest BCUT2D eigenvalue weighted by molar-refractivity contribution is 0.398. The number of phenolic OH excluding ortho intramolecular Hbond substituents is 1. The third kappa shape index (κ3) is 5.73. The van der Waals surface area contributed by atoms with Crippen molar-refractivity contribution >= 4 is 0 Å². The first-order valence-corrected chi connectivity index (χ1v) is 6.77. The van der Waals surface area contributed by atoms with E-state index in [4.69, 9.17) is 0 Å². The van der Waals surface area contributed by atoms with Crippen LogP contribution in [0.3, 0.4) is 0 Å². The smallest absolute Gasteiger partial charge is 0.115 e. The van der Waals surface area contributed by atoms with Gasteiger partial charge in [0.25, 0.3) is 0 Å². The molecular formula is C15H25NO. The summed E-state index contributed by atoms with van der Waals surface area (Å²) in [6.45, 7) is 5.39. The summed E-state index contributed by atoms with van der Waals surface area (Å²) in [6, 6.07) is 8.17. The number of rotatable bonds is 2. The number of hydrogen-bond donors (Lipinski definition) is 2. The van der Waals surface area contributed by atoms with Crippen LogP contribution in [0.15, 0.2) is 24.3 Å². The Morgan fingerprint density at radius 3 is 2.65 bits per heavy atom. The maximum absolute atomic E-state index is 9.32. The van der Waals surface area contributed by atoms with Gasteiger partial charge in [0.1, 0.15) is 5.75 Å². The van der Waals surface area contributed by atoms with E-state index in [1.807, 2.05) is 12.1 Å². The standard InChI is InChI=1S/C12H17NO.C3H8/c14-12-6-3-4-10(9-12)8-11-5-1-2-7-13-11;1-3-2/h3-4,6,9,11,13-14H,1-2,5,7-8H2;3H2,1-2H3. The van der Waals surface area contributed by atoms with E-state index in [9.17, 15) is 5.11 Å². The highest BCUT2D eigenvalue weighted by atomic mass is 16.3. The van der Waals surface area contributed by atoms with E-state index < -0.39 is 0 Å². The van der Waals surface area contributed by atoms with Crippen molar-refractivity contribution in [2.45, 2.75) is 52.0 Å². The van der Waals surface area contributed by atoms with Gasteiger partial charge in [-0.1, -0.05) is 38.8 Å². The lowest BCUT2D eigenvalue weighted by atomic mass is 9.98. The minimum Gasteiger partial charge on any atom is -0.508 e. The van der Waals surface area contributed by atoms with Gasteiger partial charge in [-0.25, -0.2) is 0 Å². The number of phenols is 1. The van der Waals surface area contributed by atoms with Gasteiger partial charge in [0, 0.05) is 6.04 Å². The van der Waals surface area contributed by atoms with Crippen molar-refractivity contribution in [1.82, 2.24) is 5.32 Å². The highest BCUT2D eigenvalue weighted by Gasteiger charge is 2.12. The highest BCUT2D eigenvalue weighted by Crippen LogP contribution is 2.16. The van der Waals surface area contributed by atoms with Crippen molar-refractivity contribution in [2.24, 2.45) is 0 Å². The molecule has 1 aromatic rings. The number of benzene rings is 1. The fourth-order valence-electron chi connectivity index (χ4n) is 2.07. The zero-order valence-electron chi connectivity index (χ0n) is 11.1. The van der Waals surface area contributed by atoms with E-state index in [0.717, 1.165) is 13.0 Å². The van der Waals surface area contributed by atoms with E-state index in [1.54, 1.807) is 6.07 Å². The third-order valence-corrected chi connectivity index (χ3v) is 2.81. The number of aromatic hydroxyl groups is 1. The van der Waals surface area contributed by atoms with Crippen LogP contribution in [-0.4, -0.2) is 17.7 Å². The lowest BCUT2D eigenvalue weighted by Crippen LogP contribution is -2.35. The van der Waals surface area contributed by atoms with Gasteiger partial charge in [0.15, 0.2) is 0 Å². The van der Waals surface area contributed by atoms with Gasteiger partial charge in [-0.15, -0.1) is 0 Å². The Morgan fingerprint density at radius 2 is 2.06 bits per heavy atom. The predicted molar refractivity (Wildman–Crippen MR) is 73.4 cm³/mol.